The molecule has 0 atom stereocenters. The van der Waals surface area contributed by atoms with Crippen molar-refractivity contribution in [3.63, 3.8) is 0 Å². The average Bonchev–Trinajstić information content (AvgIpc) is 3.16. The topological polar surface area (TPSA) is 75.1 Å². The summed E-state index contributed by atoms with van der Waals surface area (Å²) < 4.78 is 10.8. The van der Waals surface area contributed by atoms with Crippen molar-refractivity contribution in [2.75, 3.05) is 26.9 Å². The van der Waals surface area contributed by atoms with Gasteiger partial charge in [0.05, 0.1) is 26.8 Å². The zero-order valence-electron chi connectivity index (χ0n) is 14.6. The number of methoxy groups -OCH3 is 1. The Balaban J connectivity index is 2.00. The molecule has 0 amide bonds. The summed E-state index contributed by atoms with van der Waals surface area (Å²) in [7, 11) is 1.60. The lowest BCUT2D eigenvalue weighted by Crippen LogP contribution is -2.36. The number of thiophene rings is 1. The third-order valence-electron chi connectivity index (χ3n) is 3.35. The van der Waals surface area contributed by atoms with E-state index in [1.165, 1.54) is 4.88 Å². The number of aliphatic imine (C=N–C) groups is 1. The number of aliphatic hydroxyl groups excluding tert-OH is 1. The Kier molecular flexibility index (Phi) is 8.08. The molecule has 0 aliphatic carbocycles. The molecule has 1 heterocycles. The molecule has 2 aromatic rings. The van der Waals surface area contributed by atoms with Crippen LogP contribution in [0.3, 0.4) is 0 Å². The predicted octanol–water partition coefficient (Wildman–Crippen LogP) is 2.38. The second-order valence-electron chi connectivity index (χ2n) is 5.19. The maximum absolute atomic E-state index is 8.86. The van der Waals surface area contributed by atoms with Crippen molar-refractivity contribution in [1.82, 2.24) is 10.6 Å². The van der Waals surface area contributed by atoms with Crippen molar-refractivity contribution in [3.8, 4) is 11.5 Å². The molecule has 0 aliphatic heterocycles. The summed E-state index contributed by atoms with van der Waals surface area (Å²) in [5.41, 5.74) is 1.02. The van der Waals surface area contributed by atoms with Crippen LogP contribution in [0.25, 0.3) is 0 Å². The highest BCUT2D eigenvalue weighted by Gasteiger charge is 2.06. The maximum atomic E-state index is 8.86. The van der Waals surface area contributed by atoms with Crippen LogP contribution in [0.2, 0.25) is 0 Å². The highest BCUT2D eigenvalue weighted by atomic mass is 32.1. The Morgan fingerprint density at radius 2 is 2.12 bits per heavy atom. The molecule has 2 rings (SSSR count). The molecule has 3 N–H and O–H groups in total. The number of hydrogen-bond acceptors (Lipinski definition) is 5. The van der Waals surface area contributed by atoms with E-state index in [-0.39, 0.29) is 13.2 Å². The molecule has 25 heavy (non-hydrogen) atoms. The first kappa shape index (κ1) is 19.1. The molecule has 136 valence electrons. The minimum absolute atomic E-state index is 0.0306. The highest BCUT2D eigenvalue weighted by Crippen LogP contribution is 2.28. The fourth-order valence-electron chi connectivity index (χ4n) is 2.18. The summed E-state index contributed by atoms with van der Waals surface area (Å²) in [4.78, 5) is 5.87. The molecule has 7 heteroatoms. The zero-order valence-corrected chi connectivity index (χ0v) is 15.4. The number of ether oxygens (including phenoxy) is 2. The molecule has 0 spiro atoms. The first-order valence-corrected chi connectivity index (χ1v) is 9.10. The molecular weight excluding hydrogens is 338 g/mol. The van der Waals surface area contributed by atoms with Gasteiger partial charge in [-0.3, -0.25) is 0 Å². The zero-order chi connectivity index (χ0) is 17.9. The molecule has 0 bridgehead atoms. The number of benzene rings is 1. The molecule has 0 fully saturated rings. The van der Waals surface area contributed by atoms with Gasteiger partial charge in [0.2, 0.25) is 0 Å². The van der Waals surface area contributed by atoms with E-state index >= 15 is 0 Å². The van der Waals surface area contributed by atoms with Gasteiger partial charge >= 0.3 is 0 Å². The van der Waals surface area contributed by atoms with Gasteiger partial charge in [0.1, 0.15) is 6.61 Å². The number of nitrogens with zero attached hydrogens (tertiary/aromatic N) is 1. The third-order valence-corrected chi connectivity index (χ3v) is 4.23. The molecule has 0 saturated carbocycles. The number of rotatable bonds is 9. The van der Waals surface area contributed by atoms with Crippen molar-refractivity contribution < 1.29 is 14.6 Å². The number of hydrogen-bond donors (Lipinski definition) is 3. The van der Waals surface area contributed by atoms with Gasteiger partial charge in [-0.15, -0.1) is 11.3 Å². The van der Waals surface area contributed by atoms with Gasteiger partial charge in [-0.05, 0) is 36.1 Å². The maximum Gasteiger partial charge on any atom is 0.191 e. The minimum Gasteiger partial charge on any atom is -0.493 e. The Labute approximate surface area is 152 Å². The van der Waals surface area contributed by atoms with Gasteiger partial charge in [0.25, 0.3) is 0 Å². The Morgan fingerprint density at radius 3 is 2.80 bits per heavy atom. The molecule has 6 nitrogen and oxygen atoms in total. The van der Waals surface area contributed by atoms with Crippen molar-refractivity contribution in [3.05, 3.63) is 46.2 Å². The summed E-state index contributed by atoms with van der Waals surface area (Å²) in [6, 6.07) is 9.82. The smallest absolute Gasteiger partial charge is 0.191 e. The Hall–Kier alpha value is -2.25. The first-order valence-electron chi connectivity index (χ1n) is 8.22. The van der Waals surface area contributed by atoms with Crippen LogP contribution in [0.4, 0.5) is 0 Å². The van der Waals surface area contributed by atoms with E-state index in [4.69, 9.17) is 14.6 Å². The molecular formula is C18H25N3O3S. The lowest BCUT2D eigenvalue weighted by Gasteiger charge is -2.12. The van der Waals surface area contributed by atoms with Crippen molar-refractivity contribution >= 4 is 17.3 Å². The summed E-state index contributed by atoms with van der Waals surface area (Å²) in [6.45, 7) is 4.32. The lowest BCUT2D eigenvalue weighted by atomic mass is 10.2. The SMILES string of the molecule is CCNC(=NCc1ccc(OCCO)c(OC)c1)NCc1cccs1. The van der Waals surface area contributed by atoms with Gasteiger partial charge in [0.15, 0.2) is 17.5 Å². The summed E-state index contributed by atoms with van der Waals surface area (Å²) in [5.74, 6) is 2.03. The van der Waals surface area contributed by atoms with Crippen molar-refractivity contribution in [2.45, 2.75) is 20.0 Å². The lowest BCUT2D eigenvalue weighted by molar-refractivity contribution is 0.196. The fourth-order valence-corrected chi connectivity index (χ4v) is 2.83. The van der Waals surface area contributed by atoms with Crippen LogP contribution in [-0.4, -0.2) is 37.9 Å². The van der Waals surface area contributed by atoms with Crippen LogP contribution in [0.15, 0.2) is 40.7 Å². The van der Waals surface area contributed by atoms with Gasteiger partial charge < -0.3 is 25.2 Å². The van der Waals surface area contributed by atoms with Crippen LogP contribution < -0.4 is 20.1 Å². The van der Waals surface area contributed by atoms with Crippen molar-refractivity contribution in [2.24, 2.45) is 4.99 Å². The number of aliphatic hydroxyl groups is 1. The molecule has 0 unspecified atom stereocenters. The summed E-state index contributed by atoms with van der Waals surface area (Å²) in [5, 5.41) is 17.5. The number of guanidine groups is 1. The minimum atomic E-state index is -0.0306. The van der Waals surface area contributed by atoms with E-state index < -0.39 is 0 Å². The van der Waals surface area contributed by atoms with E-state index in [0.29, 0.717) is 18.0 Å². The standard InChI is InChI=1S/C18H25N3O3S/c1-3-19-18(21-13-15-5-4-10-25-15)20-12-14-6-7-16(24-9-8-22)17(11-14)23-2/h4-7,10-11,22H,3,8-9,12-13H2,1-2H3,(H2,19,20,21). The van der Waals surface area contributed by atoms with Crippen molar-refractivity contribution in [1.29, 1.82) is 0 Å². The van der Waals surface area contributed by atoms with Crippen LogP contribution in [0.5, 0.6) is 11.5 Å². The molecule has 1 aromatic carbocycles. The van der Waals surface area contributed by atoms with Crippen LogP contribution >= 0.6 is 11.3 Å². The third kappa shape index (κ3) is 6.28. The number of nitrogens with one attached hydrogen (secondary N) is 2. The largest absolute Gasteiger partial charge is 0.493 e. The average molecular weight is 363 g/mol. The van der Waals surface area contributed by atoms with Gasteiger partial charge in [0, 0.05) is 11.4 Å². The van der Waals surface area contributed by atoms with Gasteiger partial charge in [-0.2, -0.15) is 0 Å². The van der Waals surface area contributed by atoms with E-state index in [1.807, 2.05) is 31.2 Å². The quantitative estimate of drug-likeness (QED) is 0.471. The molecule has 0 aliphatic rings. The van der Waals surface area contributed by atoms with Crippen LogP contribution in [-0.2, 0) is 13.1 Å². The Bertz CT molecular complexity index is 660. The monoisotopic (exact) mass is 363 g/mol. The van der Waals surface area contributed by atoms with E-state index in [2.05, 4.69) is 27.1 Å². The van der Waals surface area contributed by atoms with E-state index in [0.717, 1.165) is 24.6 Å². The van der Waals surface area contributed by atoms with Crippen LogP contribution in [0.1, 0.15) is 17.4 Å². The fraction of sp³-hybridized carbons (Fsp3) is 0.389. The highest BCUT2D eigenvalue weighted by molar-refractivity contribution is 7.09. The van der Waals surface area contributed by atoms with Gasteiger partial charge in [-0.25, -0.2) is 4.99 Å². The van der Waals surface area contributed by atoms with Gasteiger partial charge in [-0.1, -0.05) is 12.1 Å². The molecule has 0 saturated heterocycles. The first-order chi connectivity index (χ1) is 12.3. The van der Waals surface area contributed by atoms with E-state index in [1.54, 1.807) is 18.4 Å². The second kappa shape index (κ2) is 10.6. The molecule has 0 radical (unpaired) electrons. The summed E-state index contributed by atoms with van der Waals surface area (Å²) >= 11 is 1.72. The second-order valence-corrected chi connectivity index (χ2v) is 6.22. The Morgan fingerprint density at radius 1 is 1.24 bits per heavy atom. The van der Waals surface area contributed by atoms with E-state index in [9.17, 15) is 0 Å². The normalized spacial score (nSPS) is 11.2. The predicted molar refractivity (Wildman–Crippen MR) is 102 cm³/mol. The summed E-state index contributed by atoms with van der Waals surface area (Å²) in [6.07, 6.45) is 0. The van der Waals surface area contributed by atoms with Crippen LogP contribution in [0, 0.1) is 0 Å². The molecule has 1 aromatic heterocycles.